The van der Waals surface area contributed by atoms with Gasteiger partial charge in [0.05, 0.1) is 18.3 Å². The molecule has 7 nitrogen and oxygen atoms in total. The van der Waals surface area contributed by atoms with E-state index in [-0.39, 0.29) is 24.7 Å². The van der Waals surface area contributed by atoms with Crippen molar-refractivity contribution in [1.82, 2.24) is 4.72 Å². The van der Waals surface area contributed by atoms with Crippen LogP contribution in [0, 0.1) is 18.8 Å². The summed E-state index contributed by atoms with van der Waals surface area (Å²) in [4.78, 5) is 12.6. The third-order valence-corrected chi connectivity index (χ3v) is 8.04. The van der Waals surface area contributed by atoms with E-state index in [1.165, 1.54) is 10.4 Å². The molecule has 1 heterocycles. The van der Waals surface area contributed by atoms with Gasteiger partial charge in [-0.05, 0) is 62.0 Å². The Bertz CT molecular complexity index is 990. The summed E-state index contributed by atoms with van der Waals surface area (Å²) < 4.78 is 59.6. The number of carbonyl (C=O) groups excluding carboxylic acids is 1. The summed E-state index contributed by atoms with van der Waals surface area (Å²) in [5.41, 5.74) is -4.35. The molecule has 2 rings (SSSR count). The van der Waals surface area contributed by atoms with Crippen LogP contribution in [0.15, 0.2) is 35.8 Å². The molecule has 35 heavy (non-hydrogen) atoms. The molecule has 1 aromatic heterocycles. The van der Waals surface area contributed by atoms with Crippen LogP contribution in [-0.2, 0) is 21.2 Å². The van der Waals surface area contributed by atoms with E-state index in [0.29, 0.717) is 19.3 Å². The Hall–Kier alpha value is -1.73. The molecule has 5 atom stereocenters. The number of aliphatic hydroxyl groups excluding tert-OH is 3. The number of alkyl halides is 3. The molecule has 0 spiro atoms. The van der Waals surface area contributed by atoms with E-state index in [4.69, 9.17) is 0 Å². The fraction of sp³-hybridized carbons (Fsp3) is 0.609. The molecule has 0 unspecified atom stereocenters. The number of aliphatic hydroxyl groups is 3. The van der Waals surface area contributed by atoms with Crippen LogP contribution in [0.3, 0.4) is 0 Å². The van der Waals surface area contributed by atoms with Crippen LogP contribution in [0.1, 0.15) is 49.0 Å². The maximum atomic E-state index is 12.3. The molecule has 1 amide bonds. The molecule has 1 fully saturated rings. The molecule has 4 N–H and O–H groups in total. The van der Waals surface area contributed by atoms with Gasteiger partial charge in [-0.3, -0.25) is 4.79 Å². The summed E-state index contributed by atoms with van der Waals surface area (Å²) in [6.07, 6.45) is 6.70. The average molecular weight is 540 g/mol. The molecule has 198 valence electrons. The lowest BCUT2D eigenvalue weighted by Gasteiger charge is -2.19. The number of halogens is 3. The van der Waals surface area contributed by atoms with Crippen molar-refractivity contribution in [2.24, 2.45) is 11.8 Å². The lowest BCUT2D eigenvalue weighted by atomic mass is 9.89. The van der Waals surface area contributed by atoms with Gasteiger partial charge in [-0.25, -0.2) is 4.72 Å². The number of hydrogen-bond acceptors (Lipinski definition) is 7. The minimum Gasteiger partial charge on any atom is -0.393 e. The van der Waals surface area contributed by atoms with Crippen molar-refractivity contribution in [2.45, 2.75) is 75.7 Å². The number of thiophene rings is 1. The molecule has 0 radical (unpaired) electrons. The van der Waals surface area contributed by atoms with E-state index < -0.39 is 46.2 Å². The number of unbranched alkanes of at least 4 members (excludes halogenated alkanes) is 1. The highest BCUT2D eigenvalue weighted by atomic mass is 32.2. The van der Waals surface area contributed by atoms with Crippen LogP contribution in [0.2, 0.25) is 0 Å². The Morgan fingerprint density at radius 3 is 2.63 bits per heavy atom. The third kappa shape index (κ3) is 9.02. The van der Waals surface area contributed by atoms with E-state index in [2.05, 4.69) is 0 Å². The minimum absolute atomic E-state index is 0.144. The number of hydrogen-bond donors (Lipinski definition) is 4. The Kier molecular flexibility index (Phi) is 11.0. The second-order valence-corrected chi connectivity index (χ2v) is 11.5. The van der Waals surface area contributed by atoms with Crippen molar-refractivity contribution in [3.63, 3.8) is 0 Å². The first-order valence-corrected chi connectivity index (χ1v) is 13.7. The zero-order valence-corrected chi connectivity index (χ0v) is 21.0. The van der Waals surface area contributed by atoms with Crippen molar-refractivity contribution in [2.75, 3.05) is 0 Å². The van der Waals surface area contributed by atoms with Gasteiger partial charge in [0.15, 0.2) is 0 Å². The Morgan fingerprint density at radius 2 is 2.00 bits per heavy atom. The number of aryl methyl sites for hydroxylation is 2. The van der Waals surface area contributed by atoms with Crippen molar-refractivity contribution >= 4 is 27.3 Å². The first-order chi connectivity index (χ1) is 16.3. The number of carbonyl (C=O) groups is 1. The summed E-state index contributed by atoms with van der Waals surface area (Å²) in [5.74, 6) is -1.85. The van der Waals surface area contributed by atoms with E-state index in [0.717, 1.165) is 11.1 Å². The fourth-order valence-electron chi connectivity index (χ4n) is 4.04. The average Bonchev–Trinajstić information content (AvgIpc) is 3.27. The summed E-state index contributed by atoms with van der Waals surface area (Å²) in [5, 5.41) is 32.9. The third-order valence-electron chi connectivity index (χ3n) is 6.05. The van der Waals surface area contributed by atoms with E-state index in [1.54, 1.807) is 35.6 Å². The highest BCUT2D eigenvalue weighted by molar-refractivity contribution is 7.90. The van der Waals surface area contributed by atoms with Crippen molar-refractivity contribution in [1.29, 1.82) is 0 Å². The van der Waals surface area contributed by atoms with Crippen LogP contribution in [0.4, 0.5) is 13.2 Å². The fourth-order valence-corrected chi connectivity index (χ4v) is 5.32. The van der Waals surface area contributed by atoms with Crippen molar-refractivity contribution in [3.05, 3.63) is 46.2 Å². The number of rotatable bonds is 12. The topological polar surface area (TPSA) is 124 Å². The Labute approximate surface area is 207 Å². The molecular formula is C23H32F3NO6S2. The number of amides is 1. The molecule has 1 aromatic rings. The van der Waals surface area contributed by atoms with Gasteiger partial charge in [-0.1, -0.05) is 24.3 Å². The standard InChI is InChI=1S/C23H32F3NO6S2/c1-15-16(12-13-34-15)8-9-17(28)10-11-19-18(20(29)14-21(19)30)6-4-2-3-5-7-22(31)27-35(32,33)23(24,25)26/h2,4,10-13,17-21,28-30H,3,5-9,14H2,1H3,(H,27,31)/b4-2+,11-10+/t17-,18+,19+,20-,21+/m0/s1. The van der Waals surface area contributed by atoms with Gasteiger partial charge in [0.2, 0.25) is 5.91 Å². The van der Waals surface area contributed by atoms with Gasteiger partial charge >= 0.3 is 15.5 Å². The summed E-state index contributed by atoms with van der Waals surface area (Å²) in [7, 11) is -5.69. The minimum atomic E-state index is -5.69. The van der Waals surface area contributed by atoms with Crippen LogP contribution in [0.25, 0.3) is 0 Å². The first kappa shape index (κ1) is 29.5. The lowest BCUT2D eigenvalue weighted by Crippen LogP contribution is -2.40. The van der Waals surface area contributed by atoms with Gasteiger partial charge in [0.25, 0.3) is 0 Å². The maximum Gasteiger partial charge on any atom is 0.516 e. The van der Waals surface area contributed by atoms with Gasteiger partial charge < -0.3 is 15.3 Å². The Morgan fingerprint density at radius 1 is 1.29 bits per heavy atom. The molecule has 1 aliphatic rings. The first-order valence-electron chi connectivity index (χ1n) is 11.3. The van der Waals surface area contributed by atoms with Gasteiger partial charge in [-0.2, -0.15) is 21.6 Å². The SMILES string of the molecule is Cc1sccc1CC[C@H](O)/C=C/[C@@H]1[C@@H](C/C=C/CCCC(=O)NS(=O)(=O)C(F)(F)F)[C@@H](O)C[C@H]1O. The van der Waals surface area contributed by atoms with Crippen LogP contribution >= 0.6 is 11.3 Å². The van der Waals surface area contributed by atoms with Gasteiger partial charge in [0.1, 0.15) is 0 Å². The summed E-state index contributed by atoms with van der Waals surface area (Å²) >= 11 is 1.66. The quantitative estimate of drug-likeness (QED) is 0.239. The molecule has 0 aromatic carbocycles. The molecule has 0 bridgehead atoms. The summed E-state index contributed by atoms with van der Waals surface area (Å²) in [6.45, 7) is 2.03. The molecule has 0 aliphatic heterocycles. The highest BCUT2D eigenvalue weighted by Crippen LogP contribution is 2.36. The van der Waals surface area contributed by atoms with E-state index in [9.17, 15) is 41.7 Å². The predicted octanol–water partition coefficient (Wildman–Crippen LogP) is 3.35. The number of nitrogens with one attached hydrogen (secondary N) is 1. The van der Waals surface area contributed by atoms with Gasteiger partial charge in [-0.15, -0.1) is 11.3 Å². The van der Waals surface area contributed by atoms with E-state index >= 15 is 0 Å². The lowest BCUT2D eigenvalue weighted by molar-refractivity contribution is -0.120. The highest BCUT2D eigenvalue weighted by Gasteiger charge is 2.46. The monoisotopic (exact) mass is 539 g/mol. The molecule has 1 aliphatic carbocycles. The largest absolute Gasteiger partial charge is 0.516 e. The number of sulfonamides is 1. The molecule has 0 saturated heterocycles. The Balaban J connectivity index is 1.78. The number of allylic oxidation sites excluding steroid dienone is 2. The van der Waals surface area contributed by atoms with Crippen LogP contribution < -0.4 is 4.72 Å². The predicted molar refractivity (Wildman–Crippen MR) is 127 cm³/mol. The summed E-state index contributed by atoms with van der Waals surface area (Å²) in [6, 6.07) is 2.03. The molecular weight excluding hydrogens is 507 g/mol. The van der Waals surface area contributed by atoms with Crippen LogP contribution in [-0.4, -0.2) is 53.5 Å². The van der Waals surface area contributed by atoms with Crippen LogP contribution in [0.5, 0.6) is 0 Å². The molecule has 12 heteroatoms. The maximum absolute atomic E-state index is 12.3. The smallest absolute Gasteiger partial charge is 0.393 e. The second kappa shape index (κ2) is 13.0. The van der Waals surface area contributed by atoms with E-state index in [1.807, 2.05) is 18.4 Å². The normalized spacial score (nSPS) is 24.4. The van der Waals surface area contributed by atoms with Gasteiger partial charge in [0, 0.05) is 23.6 Å². The van der Waals surface area contributed by atoms with Crippen molar-refractivity contribution in [3.8, 4) is 0 Å². The van der Waals surface area contributed by atoms with Crippen molar-refractivity contribution < 1.29 is 41.7 Å². The second-order valence-electron chi connectivity index (χ2n) is 8.68. The molecule has 1 saturated carbocycles. The zero-order chi connectivity index (χ0) is 26.2. The zero-order valence-electron chi connectivity index (χ0n) is 19.3.